The van der Waals surface area contributed by atoms with Crippen molar-refractivity contribution in [1.82, 2.24) is 19.4 Å². The van der Waals surface area contributed by atoms with E-state index in [-0.39, 0.29) is 5.54 Å². The zero-order chi connectivity index (χ0) is 14.9. The lowest BCUT2D eigenvalue weighted by molar-refractivity contribution is 0.134. The minimum atomic E-state index is 0.229. The first-order valence-electron chi connectivity index (χ1n) is 7.50. The highest BCUT2D eigenvalue weighted by molar-refractivity contribution is 5.72. The van der Waals surface area contributed by atoms with Crippen LogP contribution in [0.3, 0.4) is 0 Å². The molecule has 0 spiro atoms. The van der Waals surface area contributed by atoms with Gasteiger partial charge in [0.05, 0.1) is 18.2 Å². The maximum atomic E-state index is 6.09. The zero-order valence-electron chi connectivity index (χ0n) is 12.8. The lowest BCUT2D eigenvalue weighted by Crippen LogP contribution is -2.45. The number of aromatic nitrogens is 3. The molecule has 112 valence electrons. The highest BCUT2D eigenvalue weighted by atomic mass is 15.2. The van der Waals surface area contributed by atoms with Crippen molar-refractivity contribution in [3.8, 4) is 11.3 Å². The topological polar surface area (TPSA) is 60.0 Å². The maximum absolute atomic E-state index is 6.09. The van der Waals surface area contributed by atoms with Crippen molar-refractivity contribution in [3.05, 3.63) is 31.0 Å². The molecule has 2 aromatic heterocycles. The van der Waals surface area contributed by atoms with Crippen molar-refractivity contribution in [2.24, 2.45) is 0 Å². The van der Waals surface area contributed by atoms with Crippen LogP contribution in [-0.2, 0) is 6.54 Å². The quantitative estimate of drug-likeness (QED) is 0.937. The zero-order valence-corrected chi connectivity index (χ0v) is 12.8. The molecule has 2 aromatic rings. The van der Waals surface area contributed by atoms with E-state index in [0.717, 1.165) is 23.5 Å². The van der Waals surface area contributed by atoms with E-state index in [0.29, 0.717) is 0 Å². The molecule has 0 aromatic carbocycles. The second-order valence-corrected chi connectivity index (χ2v) is 6.20. The molecule has 3 rings (SSSR count). The van der Waals surface area contributed by atoms with Crippen LogP contribution in [0.5, 0.6) is 0 Å². The average Bonchev–Trinajstić information content (AvgIpc) is 3.10. The van der Waals surface area contributed by atoms with E-state index < -0.39 is 0 Å². The molecule has 1 fully saturated rings. The number of hydrogen-bond acceptors (Lipinski definition) is 4. The van der Waals surface area contributed by atoms with Gasteiger partial charge in [-0.2, -0.15) is 0 Å². The highest BCUT2D eigenvalue weighted by Crippen LogP contribution is 2.36. The van der Waals surface area contributed by atoms with E-state index in [4.69, 9.17) is 5.73 Å². The monoisotopic (exact) mass is 285 g/mol. The van der Waals surface area contributed by atoms with Gasteiger partial charge >= 0.3 is 0 Å². The molecule has 0 amide bonds. The normalized spacial score (nSPS) is 17.5. The Labute approximate surface area is 125 Å². The predicted octanol–water partition coefficient (Wildman–Crippen LogP) is 2.40. The first-order valence-corrected chi connectivity index (χ1v) is 7.50. The predicted molar refractivity (Wildman–Crippen MR) is 84.8 cm³/mol. The maximum Gasteiger partial charge on any atom is 0.0951 e. The molecule has 5 nitrogen and oxygen atoms in total. The number of pyridine rings is 1. The smallest absolute Gasteiger partial charge is 0.0951 e. The standard InChI is InChI=1S/C16H23N5/c1-20(2)16(6-3-4-7-16)11-21-12-19-10-15(21)13-9-18-8-5-14(13)17/h5,8-10,12H,3-4,6-7,11H2,1-2H3,(H2,17,18). The van der Waals surface area contributed by atoms with Crippen molar-refractivity contribution in [2.45, 2.75) is 37.8 Å². The van der Waals surface area contributed by atoms with Gasteiger partial charge in [0, 0.05) is 35.7 Å². The molecule has 0 bridgehead atoms. The Morgan fingerprint density at radius 2 is 2.00 bits per heavy atom. The van der Waals surface area contributed by atoms with Crippen molar-refractivity contribution < 1.29 is 0 Å². The van der Waals surface area contributed by atoms with Crippen LogP contribution in [0, 0.1) is 0 Å². The fourth-order valence-corrected chi connectivity index (χ4v) is 3.39. The Hall–Kier alpha value is -1.88. The molecule has 21 heavy (non-hydrogen) atoms. The Morgan fingerprint density at radius 1 is 1.24 bits per heavy atom. The summed E-state index contributed by atoms with van der Waals surface area (Å²) >= 11 is 0. The van der Waals surface area contributed by atoms with Gasteiger partial charge in [-0.3, -0.25) is 4.98 Å². The third-order valence-corrected chi connectivity index (χ3v) is 4.79. The second-order valence-electron chi connectivity index (χ2n) is 6.20. The number of nitrogens with two attached hydrogens (primary N) is 1. The van der Waals surface area contributed by atoms with Crippen LogP contribution in [-0.4, -0.2) is 39.1 Å². The second kappa shape index (κ2) is 5.48. The van der Waals surface area contributed by atoms with Crippen LogP contribution in [0.15, 0.2) is 31.0 Å². The molecule has 0 unspecified atom stereocenters. The molecular weight excluding hydrogens is 262 g/mol. The average molecular weight is 285 g/mol. The highest BCUT2D eigenvalue weighted by Gasteiger charge is 2.36. The van der Waals surface area contributed by atoms with Gasteiger partial charge in [0.15, 0.2) is 0 Å². The van der Waals surface area contributed by atoms with Gasteiger partial charge in [0.25, 0.3) is 0 Å². The number of nitrogens with zero attached hydrogens (tertiary/aromatic N) is 4. The fraction of sp³-hybridized carbons (Fsp3) is 0.500. The summed E-state index contributed by atoms with van der Waals surface area (Å²) in [6, 6.07) is 1.84. The van der Waals surface area contributed by atoms with Crippen LogP contribution in [0.25, 0.3) is 11.3 Å². The number of rotatable bonds is 4. The Morgan fingerprint density at radius 3 is 2.67 bits per heavy atom. The summed E-state index contributed by atoms with van der Waals surface area (Å²) < 4.78 is 2.22. The van der Waals surface area contributed by atoms with Crippen molar-refractivity contribution >= 4 is 5.69 Å². The first kappa shape index (κ1) is 14.1. The van der Waals surface area contributed by atoms with Gasteiger partial charge in [-0.25, -0.2) is 4.98 Å². The van der Waals surface area contributed by atoms with Gasteiger partial charge in [-0.15, -0.1) is 0 Å². The third kappa shape index (κ3) is 2.53. The van der Waals surface area contributed by atoms with E-state index in [2.05, 4.69) is 33.5 Å². The van der Waals surface area contributed by atoms with E-state index in [1.807, 2.05) is 24.8 Å². The van der Waals surface area contributed by atoms with E-state index in [1.165, 1.54) is 25.7 Å². The summed E-state index contributed by atoms with van der Waals surface area (Å²) in [4.78, 5) is 10.9. The third-order valence-electron chi connectivity index (χ3n) is 4.79. The molecule has 1 aliphatic rings. The van der Waals surface area contributed by atoms with Gasteiger partial charge in [-0.05, 0) is 33.0 Å². The number of hydrogen-bond donors (Lipinski definition) is 1. The molecule has 2 N–H and O–H groups in total. The summed E-state index contributed by atoms with van der Waals surface area (Å²) in [6.45, 7) is 0.948. The van der Waals surface area contributed by atoms with Gasteiger partial charge in [0.2, 0.25) is 0 Å². The lowest BCUT2D eigenvalue weighted by atomic mass is 9.95. The molecule has 1 saturated carbocycles. The minimum absolute atomic E-state index is 0.229. The lowest BCUT2D eigenvalue weighted by Gasteiger charge is -2.37. The van der Waals surface area contributed by atoms with E-state index in [9.17, 15) is 0 Å². The minimum Gasteiger partial charge on any atom is -0.398 e. The SMILES string of the molecule is CN(C)C1(Cn2cncc2-c2cnccc2N)CCCC1. The summed E-state index contributed by atoms with van der Waals surface area (Å²) in [5, 5.41) is 0. The molecule has 1 aliphatic carbocycles. The number of anilines is 1. The van der Waals surface area contributed by atoms with Crippen molar-refractivity contribution in [1.29, 1.82) is 0 Å². The molecule has 0 atom stereocenters. The number of nitrogen functional groups attached to an aromatic ring is 1. The summed E-state index contributed by atoms with van der Waals surface area (Å²) in [5.41, 5.74) is 9.08. The number of imidazole rings is 1. The molecule has 5 heteroatoms. The molecule has 0 radical (unpaired) electrons. The van der Waals surface area contributed by atoms with Gasteiger partial charge in [-0.1, -0.05) is 12.8 Å². The van der Waals surface area contributed by atoms with Crippen LogP contribution >= 0.6 is 0 Å². The first-order chi connectivity index (χ1) is 10.1. The Balaban J connectivity index is 1.95. The van der Waals surface area contributed by atoms with Crippen LogP contribution in [0.2, 0.25) is 0 Å². The largest absolute Gasteiger partial charge is 0.398 e. The molecular formula is C16H23N5. The molecule has 2 heterocycles. The van der Waals surface area contributed by atoms with E-state index in [1.54, 1.807) is 6.20 Å². The summed E-state index contributed by atoms with van der Waals surface area (Å²) in [7, 11) is 4.36. The molecule has 0 saturated heterocycles. The fourth-order valence-electron chi connectivity index (χ4n) is 3.39. The Kier molecular flexibility index (Phi) is 3.68. The number of likely N-dealkylation sites (N-methyl/N-ethyl adjacent to an activating group) is 1. The van der Waals surface area contributed by atoms with Crippen molar-refractivity contribution in [3.63, 3.8) is 0 Å². The Bertz CT molecular complexity index is 611. The van der Waals surface area contributed by atoms with Crippen molar-refractivity contribution in [2.75, 3.05) is 19.8 Å². The van der Waals surface area contributed by atoms with Gasteiger partial charge in [0.1, 0.15) is 0 Å². The molecule has 0 aliphatic heterocycles. The van der Waals surface area contributed by atoms with Gasteiger partial charge < -0.3 is 15.2 Å². The summed E-state index contributed by atoms with van der Waals surface area (Å²) in [5.74, 6) is 0. The summed E-state index contributed by atoms with van der Waals surface area (Å²) in [6.07, 6.45) is 12.4. The van der Waals surface area contributed by atoms with E-state index >= 15 is 0 Å². The van der Waals surface area contributed by atoms with Crippen LogP contribution in [0.4, 0.5) is 5.69 Å². The van der Waals surface area contributed by atoms with Crippen LogP contribution in [0.1, 0.15) is 25.7 Å². The van der Waals surface area contributed by atoms with Crippen LogP contribution < -0.4 is 5.73 Å².